The van der Waals surface area contributed by atoms with E-state index in [2.05, 4.69) is 15.2 Å². The molecule has 0 aliphatic heterocycles. The van der Waals surface area contributed by atoms with Crippen LogP contribution in [-0.2, 0) is 11.3 Å². The van der Waals surface area contributed by atoms with E-state index in [4.69, 9.17) is 4.74 Å². The Balaban J connectivity index is 2.35. The summed E-state index contributed by atoms with van der Waals surface area (Å²) in [5, 5.41) is 7.92. The second kappa shape index (κ2) is 3.49. The highest BCUT2D eigenvalue weighted by Gasteiger charge is 2.03. The lowest BCUT2D eigenvalue weighted by atomic mass is 10.6. The van der Waals surface area contributed by atoms with Gasteiger partial charge in [-0.1, -0.05) is 0 Å². The summed E-state index contributed by atoms with van der Waals surface area (Å²) in [4.78, 5) is 3.94. The first kappa shape index (κ1) is 8.12. The van der Waals surface area contributed by atoms with Gasteiger partial charge in [0.1, 0.15) is 6.61 Å². The predicted molar refractivity (Wildman–Crippen MR) is 46.1 cm³/mol. The van der Waals surface area contributed by atoms with Gasteiger partial charge in [0.25, 0.3) is 0 Å². The maximum absolute atomic E-state index is 5.24. The molecule has 0 atom stereocenters. The third-order valence-electron chi connectivity index (χ3n) is 1.72. The highest BCUT2D eigenvalue weighted by molar-refractivity contribution is 5.33. The lowest BCUT2D eigenvalue weighted by molar-refractivity contribution is 0.127. The molecule has 13 heavy (non-hydrogen) atoms. The number of hydrogen-bond acceptors (Lipinski definition) is 4. The van der Waals surface area contributed by atoms with Gasteiger partial charge in [0, 0.05) is 19.0 Å². The maximum atomic E-state index is 5.24. The minimum absolute atomic E-state index is 0.488. The van der Waals surface area contributed by atoms with E-state index in [9.17, 15) is 0 Å². The fourth-order valence-electron chi connectivity index (χ4n) is 1.09. The summed E-state index contributed by atoms with van der Waals surface area (Å²) in [6, 6.07) is 0. The zero-order valence-corrected chi connectivity index (χ0v) is 7.34. The molecule has 0 bridgehead atoms. The molecule has 2 rings (SSSR count). The van der Waals surface area contributed by atoms with Crippen LogP contribution in [0.15, 0.2) is 18.6 Å². The van der Waals surface area contributed by atoms with Gasteiger partial charge in [0.05, 0.1) is 6.20 Å². The molecule has 0 amide bonds. The van der Waals surface area contributed by atoms with Gasteiger partial charge in [-0.15, -0.1) is 10.2 Å². The molecule has 0 saturated carbocycles. The van der Waals surface area contributed by atoms with Crippen molar-refractivity contribution in [2.75, 3.05) is 6.61 Å². The number of rotatable bonds is 3. The average molecular weight is 178 g/mol. The zero-order chi connectivity index (χ0) is 9.10. The van der Waals surface area contributed by atoms with Crippen LogP contribution in [0.3, 0.4) is 0 Å². The summed E-state index contributed by atoms with van der Waals surface area (Å²) in [6.45, 7) is 3.12. The molecule has 0 unspecified atom stereocenters. The lowest BCUT2D eigenvalue weighted by Crippen LogP contribution is -1.98. The molecule has 5 heteroatoms. The second-order valence-corrected chi connectivity index (χ2v) is 2.56. The van der Waals surface area contributed by atoms with Gasteiger partial charge >= 0.3 is 0 Å². The van der Waals surface area contributed by atoms with Crippen LogP contribution in [0.1, 0.15) is 12.7 Å². The molecule has 5 nitrogen and oxygen atoms in total. The summed E-state index contributed by atoms with van der Waals surface area (Å²) in [7, 11) is 0. The van der Waals surface area contributed by atoms with Gasteiger partial charge < -0.3 is 4.74 Å². The van der Waals surface area contributed by atoms with Crippen molar-refractivity contribution in [1.82, 2.24) is 19.6 Å². The van der Waals surface area contributed by atoms with Gasteiger partial charge in [0.2, 0.25) is 0 Å². The van der Waals surface area contributed by atoms with E-state index < -0.39 is 0 Å². The van der Waals surface area contributed by atoms with E-state index >= 15 is 0 Å². The Labute approximate surface area is 75.4 Å². The minimum Gasteiger partial charge on any atom is -0.374 e. The second-order valence-electron chi connectivity index (χ2n) is 2.56. The molecule has 0 fully saturated rings. The molecule has 0 aliphatic carbocycles. The van der Waals surface area contributed by atoms with Crippen molar-refractivity contribution < 1.29 is 4.74 Å². The molecular formula is C8H10N4O. The summed E-state index contributed by atoms with van der Waals surface area (Å²) < 4.78 is 7.11. The van der Waals surface area contributed by atoms with Crippen LogP contribution in [-0.4, -0.2) is 26.2 Å². The average Bonchev–Trinajstić information content (AvgIpc) is 2.58. The molecule has 0 N–H and O–H groups in total. The molecule has 2 aromatic rings. The highest BCUT2D eigenvalue weighted by Crippen LogP contribution is 2.01. The van der Waals surface area contributed by atoms with Gasteiger partial charge in [-0.05, 0) is 6.92 Å². The fraction of sp³-hybridized carbons (Fsp3) is 0.375. The van der Waals surface area contributed by atoms with Crippen LogP contribution in [0.4, 0.5) is 0 Å². The molecule has 0 radical (unpaired) electrons. The number of hydrogen-bond donors (Lipinski definition) is 0. The van der Waals surface area contributed by atoms with Crippen molar-refractivity contribution in [3.8, 4) is 0 Å². The molecule has 2 heterocycles. The number of ether oxygens (including phenoxy) is 1. The first-order valence-electron chi connectivity index (χ1n) is 4.13. The monoisotopic (exact) mass is 178 g/mol. The molecular weight excluding hydrogens is 168 g/mol. The summed E-state index contributed by atoms with van der Waals surface area (Å²) >= 11 is 0. The van der Waals surface area contributed by atoms with E-state index in [0.29, 0.717) is 13.2 Å². The smallest absolute Gasteiger partial charge is 0.179 e. The van der Waals surface area contributed by atoms with Gasteiger partial charge in [-0.25, -0.2) is 0 Å². The number of nitrogens with zero attached hydrogens (tertiary/aromatic N) is 4. The van der Waals surface area contributed by atoms with Crippen LogP contribution in [0.2, 0.25) is 0 Å². The minimum atomic E-state index is 0.488. The predicted octanol–water partition coefficient (Wildman–Crippen LogP) is 0.661. The fourth-order valence-corrected chi connectivity index (χ4v) is 1.09. The third kappa shape index (κ3) is 1.50. The number of fused-ring (bicyclic) bond motifs is 1. The largest absolute Gasteiger partial charge is 0.374 e. The Morgan fingerprint density at radius 2 is 2.38 bits per heavy atom. The topological polar surface area (TPSA) is 52.3 Å². The standard InChI is InChI=1S/C8H10N4O/c1-2-13-6-8-11-10-7-5-9-3-4-12(7)8/h3-5H,2,6H2,1H3. The first-order chi connectivity index (χ1) is 6.42. The Bertz CT molecular complexity index is 398. The van der Waals surface area contributed by atoms with Crippen LogP contribution in [0.5, 0.6) is 0 Å². The van der Waals surface area contributed by atoms with Crippen molar-refractivity contribution in [3.63, 3.8) is 0 Å². The van der Waals surface area contributed by atoms with E-state index in [1.165, 1.54) is 0 Å². The van der Waals surface area contributed by atoms with Crippen LogP contribution >= 0.6 is 0 Å². The Hall–Kier alpha value is -1.49. The van der Waals surface area contributed by atoms with E-state index in [-0.39, 0.29) is 0 Å². The summed E-state index contributed by atoms with van der Waals surface area (Å²) in [5.74, 6) is 0.805. The van der Waals surface area contributed by atoms with Crippen molar-refractivity contribution in [2.24, 2.45) is 0 Å². The Morgan fingerprint density at radius 1 is 1.46 bits per heavy atom. The molecule has 0 aliphatic rings. The Kier molecular flexibility index (Phi) is 2.18. The van der Waals surface area contributed by atoms with Crippen LogP contribution in [0, 0.1) is 0 Å². The van der Waals surface area contributed by atoms with Crippen molar-refractivity contribution in [1.29, 1.82) is 0 Å². The summed E-state index contributed by atoms with van der Waals surface area (Å²) in [5.41, 5.74) is 0.747. The van der Waals surface area contributed by atoms with Gasteiger partial charge in [0.15, 0.2) is 11.5 Å². The maximum Gasteiger partial charge on any atom is 0.179 e. The summed E-state index contributed by atoms with van der Waals surface area (Å²) in [6.07, 6.45) is 5.19. The molecule has 2 aromatic heterocycles. The zero-order valence-electron chi connectivity index (χ0n) is 7.34. The first-order valence-corrected chi connectivity index (χ1v) is 4.13. The van der Waals surface area contributed by atoms with Gasteiger partial charge in [-0.3, -0.25) is 9.38 Å². The van der Waals surface area contributed by atoms with Crippen LogP contribution < -0.4 is 0 Å². The third-order valence-corrected chi connectivity index (χ3v) is 1.72. The lowest BCUT2D eigenvalue weighted by Gasteiger charge is -1.98. The van der Waals surface area contributed by atoms with Crippen molar-refractivity contribution >= 4 is 5.65 Å². The molecule has 0 saturated heterocycles. The molecule has 0 aromatic carbocycles. The molecule has 68 valence electrons. The SMILES string of the molecule is CCOCc1nnc2cnccn12. The van der Waals surface area contributed by atoms with E-state index in [1.807, 2.05) is 17.5 Å². The Morgan fingerprint density at radius 3 is 3.23 bits per heavy atom. The van der Waals surface area contributed by atoms with Gasteiger partial charge in [-0.2, -0.15) is 0 Å². The quantitative estimate of drug-likeness (QED) is 0.692. The molecule has 0 spiro atoms. The van der Waals surface area contributed by atoms with Crippen LogP contribution in [0.25, 0.3) is 5.65 Å². The van der Waals surface area contributed by atoms with Crippen molar-refractivity contribution in [3.05, 3.63) is 24.4 Å². The normalized spacial score (nSPS) is 10.8. The van der Waals surface area contributed by atoms with E-state index in [1.54, 1.807) is 12.4 Å². The van der Waals surface area contributed by atoms with Crippen molar-refractivity contribution in [2.45, 2.75) is 13.5 Å². The highest BCUT2D eigenvalue weighted by atomic mass is 16.5. The van der Waals surface area contributed by atoms with E-state index in [0.717, 1.165) is 11.5 Å². The number of aromatic nitrogens is 4.